The lowest BCUT2D eigenvalue weighted by Gasteiger charge is -2.11. The van der Waals surface area contributed by atoms with Crippen LogP contribution in [0.25, 0.3) is 16.6 Å². The van der Waals surface area contributed by atoms with E-state index in [4.69, 9.17) is 0 Å². The van der Waals surface area contributed by atoms with Crippen LogP contribution in [-0.2, 0) is 17.8 Å². The van der Waals surface area contributed by atoms with E-state index in [1.807, 2.05) is 61.7 Å². The zero-order valence-electron chi connectivity index (χ0n) is 16.4. The lowest BCUT2D eigenvalue weighted by molar-refractivity contribution is -0.121. The van der Waals surface area contributed by atoms with Gasteiger partial charge in [0.1, 0.15) is 0 Å². The summed E-state index contributed by atoms with van der Waals surface area (Å²) < 4.78 is 1.86. The van der Waals surface area contributed by atoms with Crippen LogP contribution >= 0.6 is 0 Å². The lowest BCUT2D eigenvalue weighted by atomic mass is 10.1. The summed E-state index contributed by atoms with van der Waals surface area (Å²) in [4.78, 5) is 21.5. The lowest BCUT2D eigenvalue weighted by Crippen LogP contribution is -2.23. The molecule has 1 amide bonds. The minimum absolute atomic E-state index is 0.0171. The minimum atomic E-state index is 0.0171. The van der Waals surface area contributed by atoms with Crippen LogP contribution in [-0.4, -0.2) is 25.5 Å². The van der Waals surface area contributed by atoms with Gasteiger partial charge >= 0.3 is 0 Å². The van der Waals surface area contributed by atoms with Crippen molar-refractivity contribution in [3.63, 3.8) is 0 Å². The Morgan fingerprint density at radius 1 is 1.14 bits per heavy atom. The summed E-state index contributed by atoms with van der Waals surface area (Å²) in [7, 11) is 0. The number of fused-ring (bicyclic) bond motifs is 2. The van der Waals surface area contributed by atoms with E-state index in [9.17, 15) is 4.79 Å². The van der Waals surface area contributed by atoms with E-state index in [-0.39, 0.29) is 5.91 Å². The number of carbonyl (C=O) groups is 1. The molecule has 0 bridgehead atoms. The fraction of sp³-hybridized carbons (Fsp3) is 0.273. The Bertz CT molecular complexity index is 1170. The Morgan fingerprint density at radius 2 is 1.96 bits per heavy atom. The third-order valence-electron chi connectivity index (χ3n) is 5.08. The SMILES string of the molecule is Cc1cc2nc(C)c(CCC(=O)NCc3cccc4cccnc34)c(C)n2n1. The summed E-state index contributed by atoms with van der Waals surface area (Å²) in [5.41, 5.74) is 6.82. The number of nitrogens with zero attached hydrogens (tertiary/aromatic N) is 4. The highest BCUT2D eigenvalue weighted by Crippen LogP contribution is 2.18. The summed E-state index contributed by atoms with van der Waals surface area (Å²) >= 11 is 0. The number of nitrogens with one attached hydrogen (secondary N) is 1. The molecule has 3 heterocycles. The van der Waals surface area contributed by atoms with Gasteiger partial charge in [-0.15, -0.1) is 0 Å². The molecule has 0 saturated heterocycles. The van der Waals surface area contributed by atoms with Gasteiger partial charge in [-0.05, 0) is 44.4 Å². The fourth-order valence-corrected chi connectivity index (χ4v) is 3.63. The van der Waals surface area contributed by atoms with Crippen LogP contribution in [0.4, 0.5) is 0 Å². The van der Waals surface area contributed by atoms with Crippen molar-refractivity contribution in [2.24, 2.45) is 0 Å². The highest BCUT2D eigenvalue weighted by Gasteiger charge is 2.13. The molecular formula is C22H23N5O. The normalized spacial score (nSPS) is 11.2. The van der Waals surface area contributed by atoms with Gasteiger partial charge < -0.3 is 5.32 Å². The van der Waals surface area contributed by atoms with E-state index in [1.54, 1.807) is 6.20 Å². The Balaban J connectivity index is 1.44. The first kappa shape index (κ1) is 18.1. The molecule has 0 spiro atoms. The first-order chi connectivity index (χ1) is 13.5. The van der Waals surface area contributed by atoms with Crippen molar-refractivity contribution in [1.29, 1.82) is 0 Å². The molecule has 1 aromatic carbocycles. The quantitative estimate of drug-likeness (QED) is 0.582. The molecule has 0 fully saturated rings. The number of benzene rings is 1. The second kappa shape index (κ2) is 7.38. The van der Waals surface area contributed by atoms with E-state index >= 15 is 0 Å². The molecule has 142 valence electrons. The summed E-state index contributed by atoms with van der Waals surface area (Å²) in [5, 5.41) is 8.59. The molecule has 28 heavy (non-hydrogen) atoms. The van der Waals surface area contributed by atoms with Crippen molar-refractivity contribution in [1.82, 2.24) is 24.9 Å². The van der Waals surface area contributed by atoms with Gasteiger partial charge in [0.05, 0.1) is 11.2 Å². The number of hydrogen-bond donors (Lipinski definition) is 1. The van der Waals surface area contributed by atoms with Crippen molar-refractivity contribution in [2.75, 3.05) is 0 Å². The van der Waals surface area contributed by atoms with Crippen LogP contribution in [0.2, 0.25) is 0 Å². The molecule has 0 atom stereocenters. The maximum atomic E-state index is 12.4. The molecule has 4 aromatic rings. The molecule has 0 aliphatic carbocycles. The van der Waals surface area contributed by atoms with Crippen molar-refractivity contribution < 1.29 is 4.79 Å². The van der Waals surface area contributed by atoms with E-state index in [0.29, 0.717) is 19.4 Å². The van der Waals surface area contributed by atoms with Crippen molar-refractivity contribution in [2.45, 2.75) is 40.2 Å². The minimum Gasteiger partial charge on any atom is -0.352 e. The monoisotopic (exact) mass is 373 g/mol. The maximum absolute atomic E-state index is 12.4. The Kier molecular flexibility index (Phi) is 4.77. The molecule has 3 aromatic heterocycles. The number of carbonyl (C=O) groups excluding carboxylic acids is 1. The molecule has 0 unspecified atom stereocenters. The molecule has 0 aliphatic heterocycles. The summed E-state index contributed by atoms with van der Waals surface area (Å²) in [6.45, 7) is 6.45. The van der Waals surface area contributed by atoms with Gasteiger partial charge in [-0.2, -0.15) is 5.10 Å². The average Bonchev–Trinajstić information content (AvgIpc) is 3.06. The predicted molar refractivity (Wildman–Crippen MR) is 109 cm³/mol. The van der Waals surface area contributed by atoms with Gasteiger partial charge in [-0.3, -0.25) is 9.78 Å². The van der Waals surface area contributed by atoms with Gasteiger partial charge in [0.25, 0.3) is 0 Å². The number of aromatic nitrogens is 4. The molecule has 4 rings (SSSR count). The second-order valence-corrected chi connectivity index (χ2v) is 7.09. The summed E-state index contributed by atoms with van der Waals surface area (Å²) in [6.07, 6.45) is 2.83. The standard InChI is InChI=1S/C22H23N5O/c1-14-12-20-25-15(2)19(16(3)27(20)26-14)9-10-21(28)24-13-18-7-4-6-17-8-5-11-23-22(17)18/h4-8,11-12H,9-10,13H2,1-3H3,(H,24,28). The zero-order valence-corrected chi connectivity index (χ0v) is 16.4. The van der Waals surface area contributed by atoms with E-state index in [1.165, 1.54) is 0 Å². The smallest absolute Gasteiger partial charge is 0.220 e. The number of para-hydroxylation sites is 1. The Labute approximate surface area is 163 Å². The number of amides is 1. The number of aryl methyl sites for hydroxylation is 3. The molecule has 0 aliphatic rings. The highest BCUT2D eigenvalue weighted by atomic mass is 16.1. The highest BCUT2D eigenvalue weighted by molar-refractivity contribution is 5.82. The molecular weight excluding hydrogens is 350 g/mol. The molecule has 0 saturated carbocycles. The van der Waals surface area contributed by atoms with E-state index in [2.05, 4.69) is 20.4 Å². The largest absolute Gasteiger partial charge is 0.352 e. The van der Waals surface area contributed by atoms with Crippen LogP contribution < -0.4 is 5.32 Å². The first-order valence-corrected chi connectivity index (χ1v) is 9.44. The average molecular weight is 373 g/mol. The van der Waals surface area contributed by atoms with Crippen molar-refractivity contribution in [3.05, 3.63) is 70.8 Å². The van der Waals surface area contributed by atoms with E-state index in [0.717, 1.165) is 44.8 Å². The van der Waals surface area contributed by atoms with Crippen LogP contribution in [0, 0.1) is 20.8 Å². The van der Waals surface area contributed by atoms with Crippen LogP contribution in [0.5, 0.6) is 0 Å². The number of hydrogen-bond acceptors (Lipinski definition) is 4. The van der Waals surface area contributed by atoms with E-state index < -0.39 is 0 Å². The van der Waals surface area contributed by atoms with Crippen LogP contribution in [0.1, 0.15) is 34.6 Å². The summed E-state index contributed by atoms with van der Waals surface area (Å²) in [5.74, 6) is 0.0171. The first-order valence-electron chi connectivity index (χ1n) is 9.44. The van der Waals surface area contributed by atoms with Gasteiger partial charge in [-0.25, -0.2) is 9.50 Å². The van der Waals surface area contributed by atoms with Crippen molar-refractivity contribution in [3.8, 4) is 0 Å². The maximum Gasteiger partial charge on any atom is 0.220 e. The number of rotatable bonds is 5. The number of pyridine rings is 1. The Hall–Kier alpha value is -3.28. The summed E-state index contributed by atoms with van der Waals surface area (Å²) in [6, 6.07) is 11.9. The molecule has 1 N–H and O–H groups in total. The molecule has 6 nitrogen and oxygen atoms in total. The van der Waals surface area contributed by atoms with Gasteiger partial charge in [0.2, 0.25) is 5.91 Å². The van der Waals surface area contributed by atoms with Gasteiger partial charge in [0.15, 0.2) is 5.65 Å². The second-order valence-electron chi connectivity index (χ2n) is 7.09. The van der Waals surface area contributed by atoms with Gasteiger partial charge in [-0.1, -0.05) is 24.3 Å². The predicted octanol–water partition coefficient (Wildman–Crippen LogP) is 3.45. The topological polar surface area (TPSA) is 72.2 Å². The van der Waals surface area contributed by atoms with Gasteiger partial charge in [0, 0.05) is 42.0 Å². The Morgan fingerprint density at radius 3 is 2.82 bits per heavy atom. The third-order valence-corrected chi connectivity index (χ3v) is 5.08. The van der Waals surface area contributed by atoms with Crippen LogP contribution in [0.3, 0.4) is 0 Å². The molecule has 0 radical (unpaired) electrons. The van der Waals surface area contributed by atoms with Crippen LogP contribution in [0.15, 0.2) is 42.6 Å². The molecule has 6 heteroatoms. The van der Waals surface area contributed by atoms with Crippen molar-refractivity contribution >= 4 is 22.5 Å². The zero-order chi connectivity index (χ0) is 19.7. The fourth-order valence-electron chi connectivity index (χ4n) is 3.63. The third kappa shape index (κ3) is 3.45.